The molecule has 2 aromatic carbocycles. The number of carboxylic acid groups (broad SMARTS) is 1. The fourth-order valence-electron chi connectivity index (χ4n) is 1.81. The third kappa shape index (κ3) is 3.73. The number of amides is 1. The van der Waals surface area contributed by atoms with Crippen molar-refractivity contribution >= 4 is 29.2 Å². The Morgan fingerprint density at radius 2 is 1.76 bits per heavy atom. The Morgan fingerprint density at radius 3 is 2.38 bits per heavy atom. The van der Waals surface area contributed by atoms with Crippen LogP contribution < -0.4 is 5.32 Å². The molecule has 0 radical (unpaired) electrons. The van der Waals surface area contributed by atoms with Crippen molar-refractivity contribution in [2.24, 2.45) is 0 Å². The number of anilines is 1. The van der Waals surface area contributed by atoms with E-state index in [2.05, 4.69) is 5.32 Å². The Morgan fingerprint density at radius 1 is 1.10 bits per heavy atom. The molecule has 108 valence electrons. The van der Waals surface area contributed by atoms with Crippen molar-refractivity contribution in [3.8, 4) is 5.75 Å². The highest BCUT2D eigenvalue weighted by molar-refractivity contribution is 6.34. The minimum Gasteiger partial charge on any atom is -0.508 e. The van der Waals surface area contributed by atoms with Gasteiger partial charge in [-0.2, -0.15) is 0 Å². The van der Waals surface area contributed by atoms with Gasteiger partial charge in [-0.3, -0.25) is 4.79 Å². The molecule has 0 heterocycles. The summed E-state index contributed by atoms with van der Waals surface area (Å²) < 4.78 is 0. The summed E-state index contributed by atoms with van der Waals surface area (Å²) in [6.45, 7) is 0. The molecule has 1 amide bonds. The molecule has 0 unspecified atom stereocenters. The van der Waals surface area contributed by atoms with Gasteiger partial charge in [-0.15, -0.1) is 0 Å². The third-order valence-corrected chi connectivity index (χ3v) is 3.12. The van der Waals surface area contributed by atoms with Crippen LogP contribution >= 0.6 is 11.6 Å². The SMILES string of the molecule is O=C(Cc1ccc(O)cc1)Nc1c(Cl)cccc1C(=O)O. The molecule has 6 heteroatoms. The molecule has 0 saturated carbocycles. The van der Waals surface area contributed by atoms with Crippen LogP contribution in [0, 0.1) is 0 Å². The summed E-state index contributed by atoms with van der Waals surface area (Å²) in [5.41, 5.74) is 0.700. The Labute approximate surface area is 125 Å². The van der Waals surface area contributed by atoms with Crippen LogP contribution in [0.3, 0.4) is 0 Å². The summed E-state index contributed by atoms with van der Waals surface area (Å²) in [7, 11) is 0. The average molecular weight is 306 g/mol. The second-order valence-corrected chi connectivity index (χ2v) is 4.77. The number of phenolic OH excluding ortho intramolecular Hbond substituents is 1. The number of phenols is 1. The van der Waals surface area contributed by atoms with Crippen molar-refractivity contribution in [2.45, 2.75) is 6.42 Å². The van der Waals surface area contributed by atoms with E-state index >= 15 is 0 Å². The van der Waals surface area contributed by atoms with Gasteiger partial charge >= 0.3 is 5.97 Å². The molecule has 21 heavy (non-hydrogen) atoms. The van der Waals surface area contributed by atoms with E-state index in [0.717, 1.165) is 0 Å². The fraction of sp³-hybridized carbons (Fsp3) is 0.0667. The number of halogens is 1. The normalized spacial score (nSPS) is 10.1. The van der Waals surface area contributed by atoms with Gasteiger partial charge in [-0.25, -0.2) is 4.79 Å². The summed E-state index contributed by atoms with van der Waals surface area (Å²) in [5, 5.41) is 20.9. The van der Waals surface area contributed by atoms with Crippen molar-refractivity contribution in [3.05, 3.63) is 58.6 Å². The number of aromatic hydroxyl groups is 1. The van der Waals surface area contributed by atoms with E-state index in [1.165, 1.54) is 30.3 Å². The highest BCUT2D eigenvalue weighted by Gasteiger charge is 2.15. The smallest absolute Gasteiger partial charge is 0.337 e. The number of carbonyl (C=O) groups excluding carboxylic acids is 1. The number of benzene rings is 2. The first-order valence-corrected chi connectivity index (χ1v) is 6.44. The summed E-state index contributed by atoms with van der Waals surface area (Å²) in [6.07, 6.45) is 0.0462. The first-order valence-electron chi connectivity index (χ1n) is 6.07. The third-order valence-electron chi connectivity index (χ3n) is 2.81. The molecule has 0 bridgehead atoms. The maximum absolute atomic E-state index is 12.0. The predicted molar refractivity (Wildman–Crippen MR) is 78.9 cm³/mol. The summed E-state index contributed by atoms with van der Waals surface area (Å²) in [4.78, 5) is 23.1. The van der Waals surface area contributed by atoms with Crippen LogP contribution in [-0.4, -0.2) is 22.1 Å². The first kappa shape index (κ1) is 14.9. The Bertz CT molecular complexity index is 683. The van der Waals surface area contributed by atoms with Gasteiger partial charge in [-0.1, -0.05) is 29.8 Å². The van der Waals surface area contributed by atoms with E-state index in [1.807, 2.05) is 0 Å². The van der Waals surface area contributed by atoms with Crippen molar-refractivity contribution in [2.75, 3.05) is 5.32 Å². The zero-order valence-electron chi connectivity index (χ0n) is 10.8. The van der Waals surface area contributed by atoms with Gasteiger partial charge in [0.1, 0.15) is 5.75 Å². The number of para-hydroxylation sites is 1. The van der Waals surface area contributed by atoms with Crippen LogP contribution in [0.2, 0.25) is 5.02 Å². The van der Waals surface area contributed by atoms with E-state index in [4.69, 9.17) is 16.7 Å². The van der Waals surface area contributed by atoms with Crippen molar-refractivity contribution in [1.29, 1.82) is 0 Å². The highest BCUT2D eigenvalue weighted by atomic mass is 35.5. The van der Waals surface area contributed by atoms with Gasteiger partial charge in [0, 0.05) is 0 Å². The van der Waals surface area contributed by atoms with E-state index in [0.29, 0.717) is 5.56 Å². The Hall–Kier alpha value is -2.53. The maximum atomic E-state index is 12.0. The lowest BCUT2D eigenvalue weighted by molar-refractivity contribution is -0.115. The van der Waals surface area contributed by atoms with Gasteiger partial charge in [0.2, 0.25) is 5.91 Å². The van der Waals surface area contributed by atoms with Crippen molar-refractivity contribution < 1.29 is 19.8 Å². The monoisotopic (exact) mass is 305 g/mol. The molecule has 0 aliphatic rings. The molecule has 0 aromatic heterocycles. The number of carbonyl (C=O) groups is 2. The number of carboxylic acids is 1. The van der Waals surface area contributed by atoms with Crippen molar-refractivity contribution in [1.82, 2.24) is 0 Å². The highest BCUT2D eigenvalue weighted by Crippen LogP contribution is 2.26. The molecule has 0 saturated heterocycles. The fourth-order valence-corrected chi connectivity index (χ4v) is 2.03. The number of rotatable bonds is 4. The van der Waals surface area contributed by atoms with Gasteiger partial charge in [0.25, 0.3) is 0 Å². The minimum atomic E-state index is -1.17. The predicted octanol–water partition coefficient (Wildman–Crippen LogP) is 2.92. The van der Waals surface area contributed by atoms with Crippen LogP contribution in [0.5, 0.6) is 5.75 Å². The first-order chi connectivity index (χ1) is 9.97. The molecule has 2 rings (SSSR count). The molecule has 3 N–H and O–H groups in total. The molecule has 0 aliphatic heterocycles. The van der Waals surface area contributed by atoms with E-state index in [9.17, 15) is 14.7 Å². The quantitative estimate of drug-likeness (QED) is 0.810. The number of nitrogens with one attached hydrogen (secondary N) is 1. The van der Waals surface area contributed by atoms with Crippen LogP contribution in [0.25, 0.3) is 0 Å². The van der Waals surface area contributed by atoms with Crippen molar-refractivity contribution in [3.63, 3.8) is 0 Å². The second kappa shape index (κ2) is 6.28. The summed E-state index contributed by atoms with van der Waals surface area (Å²) in [6, 6.07) is 10.5. The lowest BCUT2D eigenvalue weighted by Gasteiger charge is -2.10. The van der Waals surface area contributed by atoms with Crippen LogP contribution in [-0.2, 0) is 11.2 Å². The largest absolute Gasteiger partial charge is 0.508 e. The molecule has 0 spiro atoms. The van der Waals surface area contributed by atoms with Gasteiger partial charge < -0.3 is 15.5 Å². The molecule has 0 fully saturated rings. The molecular weight excluding hydrogens is 294 g/mol. The Balaban J connectivity index is 2.16. The van der Waals surface area contributed by atoms with Crippen LogP contribution in [0.15, 0.2) is 42.5 Å². The average Bonchev–Trinajstić information content (AvgIpc) is 2.43. The molecule has 2 aromatic rings. The Kier molecular flexibility index (Phi) is 4.45. The van der Waals surface area contributed by atoms with Crippen LogP contribution in [0.1, 0.15) is 15.9 Å². The zero-order chi connectivity index (χ0) is 15.4. The van der Waals surface area contributed by atoms with E-state index < -0.39 is 11.9 Å². The number of hydrogen-bond acceptors (Lipinski definition) is 3. The lowest BCUT2D eigenvalue weighted by atomic mass is 10.1. The van der Waals surface area contributed by atoms with Gasteiger partial charge in [0.05, 0.1) is 22.7 Å². The molecule has 5 nitrogen and oxygen atoms in total. The zero-order valence-corrected chi connectivity index (χ0v) is 11.6. The second-order valence-electron chi connectivity index (χ2n) is 4.36. The maximum Gasteiger partial charge on any atom is 0.337 e. The molecular formula is C15H12ClNO4. The summed E-state index contributed by atoms with van der Waals surface area (Å²) in [5.74, 6) is -1.45. The van der Waals surface area contributed by atoms with Crippen LogP contribution in [0.4, 0.5) is 5.69 Å². The standard InChI is InChI=1S/C15H12ClNO4/c16-12-3-1-2-11(15(20)21)14(12)17-13(19)8-9-4-6-10(18)7-5-9/h1-7,18H,8H2,(H,17,19)(H,20,21). The topological polar surface area (TPSA) is 86.6 Å². The number of aromatic carboxylic acids is 1. The van der Waals surface area contributed by atoms with Gasteiger partial charge in [0.15, 0.2) is 0 Å². The molecule has 0 aliphatic carbocycles. The lowest BCUT2D eigenvalue weighted by Crippen LogP contribution is -2.17. The minimum absolute atomic E-state index is 0.0462. The van der Waals surface area contributed by atoms with E-state index in [-0.39, 0.29) is 28.4 Å². The summed E-state index contributed by atoms with van der Waals surface area (Å²) >= 11 is 5.93. The van der Waals surface area contributed by atoms with Gasteiger partial charge in [-0.05, 0) is 29.8 Å². The van der Waals surface area contributed by atoms with E-state index in [1.54, 1.807) is 12.1 Å². The number of hydrogen-bond donors (Lipinski definition) is 3. The molecule has 0 atom stereocenters.